The SMILES string of the molecule is CC[C@H](C)[C@H](N)C(=O)N=S(N)(=O)c1ccc2c(c1)CCO2. The Morgan fingerprint density at radius 1 is 1.52 bits per heavy atom. The van der Waals surface area contributed by atoms with Gasteiger partial charge in [-0.1, -0.05) is 20.3 Å². The van der Waals surface area contributed by atoms with E-state index in [9.17, 15) is 9.00 Å². The summed E-state index contributed by atoms with van der Waals surface area (Å²) in [5, 5.41) is 5.76. The van der Waals surface area contributed by atoms with Gasteiger partial charge in [-0.3, -0.25) is 4.79 Å². The number of hydrogen-bond donors (Lipinski definition) is 2. The number of rotatable bonds is 4. The predicted octanol–water partition coefficient (Wildman–Crippen LogP) is 1.22. The van der Waals surface area contributed by atoms with E-state index in [1.807, 2.05) is 13.8 Å². The van der Waals surface area contributed by atoms with Crippen molar-refractivity contribution in [2.75, 3.05) is 6.61 Å². The lowest BCUT2D eigenvalue weighted by atomic mass is 10.00. The summed E-state index contributed by atoms with van der Waals surface area (Å²) in [7, 11) is -3.28. The van der Waals surface area contributed by atoms with Crippen molar-refractivity contribution in [1.29, 1.82) is 0 Å². The lowest BCUT2D eigenvalue weighted by Crippen LogP contribution is -2.36. The third-order valence-corrected chi connectivity index (χ3v) is 5.15. The quantitative estimate of drug-likeness (QED) is 0.871. The molecule has 0 radical (unpaired) electrons. The van der Waals surface area contributed by atoms with Gasteiger partial charge < -0.3 is 10.5 Å². The first-order valence-electron chi connectivity index (χ1n) is 6.95. The molecule has 0 aromatic heterocycles. The summed E-state index contributed by atoms with van der Waals surface area (Å²) in [5.74, 6) is 0.107. The Hall–Kier alpha value is -1.44. The van der Waals surface area contributed by atoms with Crippen molar-refractivity contribution in [2.24, 2.45) is 21.2 Å². The van der Waals surface area contributed by atoms with Crippen LogP contribution < -0.4 is 15.6 Å². The zero-order valence-electron chi connectivity index (χ0n) is 12.2. The predicted molar refractivity (Wildman–Crippen MR) is 81.1 cm³/mol. The van der Waals surface area contributed by atoms with Crippen LogP contribution in [0.3, 0.4) is 0 Å². The maximum Gasteiger partial charge on any atom is 0.272 e. The van der Waals surface area contributed by atoms with Gasteiger partial charge in [0.05, 0.1) is 17.5 Å². The Kier molecular flexibility index (Phi) is 4.65. The zero-order chi connectivity index (χ0) is 15.6. The van der Waals surface area contributed by atoms with E-state index in [0.29, 0.717) is 11.5 Å². The van der Waals surface area contributed by atoms with Crippen molar-refractivity contribution in [3.8, 4) is 5.75 Å². The Morgan fingerprint density at radius 2 is 2.24 bits per heavy atom. The van der Waals surface area contributed by atoms with Gasteiger partial charge in [-0.05, 0) is 29.7 Å². The van der Waals surface area contributed by atoms with E-state index in [1.165, 1.54) is 0 Å². The number of nitrogens with zero attached hydrogens (tertiary/aromatic N) is 1. The highest BCUT2D eigenvalue weighted by Gasteiger charge is 2.22. The largest absolute Gasteiger partial charge is 0.493 e. The van der Waals surface area contributed by atoms with Crippen molar-refractivity contribution in [3.63, 3.8) is 0 Å². The summed E-state index contributed by atoms with van der Waals surface area (Å²) in [6, 6.07) is 4.20. The summed E-state index contributed by atoms with van der Waals surface area (Å²) in [6.07, 6.45) is 1.48. The molecule has 0 spiro atoms. The molecule has 1 amide bonds. The van der Waals surface area contributed by atoms with E-state index in [1.54, 1.807) is 18.2 Å². The first-order valence-corrected chi connectivity index (χ1v) is 8.53. The number of ether oxygens (including phenoxy) is 1. The molecule has 0 aliphatic carbocycles. The van der Waals surface area contributed by atoms with Gasteiger partial charge in [-0.25, -0.2) is 9.35 Å². The number of hydrogen-bond acceptors (Lipinski definition) is 4. The molecular formula is C14H21N3O3S. The lowest BCUT2D eigenvalue weighted by Gasteiger charge is -2.15. The van der Waals surface area contributed by atoms with Crippen LogP contribution >= 0.6 is 0 Å². The average Bonchev–Trinajstić information content (AvgIpc) is 2.92. The summed E-state index contributed by atoms with van der Waals surface area (Å²) in [6.45, 7) is 4.38. The maximum absolute atomic E-state index is 12.5. The van der Waals surface area contributed by atoms with E-state index in [0.717, 1.165) is 24.2 Å². The molecule has 7 heteroatoms. The van der Waals surface area contributed by atoms with E-state index in [2.05, 4.69) is 4.36 Å². The Balaban J connectivity index is 2.31. The minimum absolute atomic E-state index is 0.0372. The molecule has 6 nitrogen and oxygen atoms in total. The second-order valence-electron chi connectivity index (χ2n) is 5.28. The van der Waals surface area contributed by atoms with E-state index < -0.39 is 21.9 Å². The van der Waals surface area contributed by atoms with E-state index >= 15 is 0 Å². The Morgan fingerprint density at radius 3 is 2.90 bits per heavy atom. The fraction of sp³-hybridized carbons (Fsp3) is 0.500. The summed E-state index contributed by atoms with van der Waals surface area (Å²) in [4.78, 5) is 12.3. The molecule has 21 heavy (non-hydrogen) atoms. The molecule has 1 heterocycles. The number of nitrogens with two attached hydrogens (primary N) is 2. The topological polar surface area (TPSA) is 108 Å². The fourth-order valence-electron chi connectivity index (χ4n) is 2.09. The molecular weight excluding hydrogens is 290 g/mol. The molecule has 0 fully saturated rings. The van der Waals surface area contributed by atoms with E-state index in [4.69, 9.17) is 15.6 Å². The molecule has 1 aliphatic heterocycles. The minimum atomic E-state index is -3.28. The van der Waals surface area contributed by atoms with Crippen molar-refractivity contribution in [3.05, 3.63) is 23.8 Å². The van der Waals surface area contributed by atoms with Gasteiger partial charge >= 0.3 is 0 Å². The van der Waals surface area contributed by atoms with Gasteiger partial charge in [0.25, 0.3) is 5.91 Å². The van der Waals surface area contributed by atoms with Crippen LogP contribution in [0.4, 0.5) is 0 Å². The molecule has 0 bridgehead atoms. The highest BCUT2D eigenvalue weighted by Crippen LogP contribution is 2.27. The lowest BCUT2D eigenvalue weighted by molar-refractivity contribution is -0.119. The summed E-state index contributed by atoms with van der Waals surface area (Å²) < 4.78 is 21.6. The molecule has 116 valence electrons. The number of carbonyl (C=O) groups is 1. The van der Waals surface area contributed by atoms with Crippen LogP contribution in [0.2, 0.25) is 0 Å². The van der Waals surface area contributed by atoms with Gasteiger partial charge in [0, 0.05) is 6.42 Å². The van der Waals surface area contributed by atoms with Crippen molar-refractivity contribution in [1.82, 2.24) is 0 Å². The second-order valence-corrected chi connectivity index (χ2v) is 7.07. The van der Waals surface area contributed by atoms with Gasteiger partial charge in [0.15, 0.2) is 0 Å². The number of carbonyl (C=O) groups excluding carboxylic acids is 1. The molecule has 1 aromatic carbocycles. The highest BCUT2D eigenvalue weighted by atomic mass is 32.2. The number of benzene rings is 1. The molecule has 4 N–H and O–H groups in total. The molecule has 1 aliphatic rings. The average molecular weight is 311 g/mol. The number of fused-ring (bicyclic) bond motifs is 1. The first-order chi connectivity index (χ1) is 9.85. The third-order valence-electron chi connectivity index (χ3n) is 3.77. The fourth-order valence-corrected chi connectivity index (χ4v) is 3.16. The van der Waals surface area contributed by atoms with Crippen LogP contribution in [0.5, 0.6) is 5.75 Å². The smallest absolute Gasteiger partial charge is 0.272 e. The van der Waals surface area contributed by atoms with Gasteiger partial charge in [-0.15, -0.1) is 4.36 Å². The van der Waals surface area contributed by atoms with Crippen molar-refractivity contribution < 1.29 is 13.7 Å². The van der Waals surface area contributed by atoms with Crippen LogP contribution in [0, 0.1) is 5.92 Å². The molecule has 2 rings (SSSR count). The zero-order valence-corrected chi connectivity index (χ0v) is 13.1. The first kappa shape index (κ1) is 15.9. The van der Waals surface area contributed by atoms with Crippen LogP contribution in [0.25, 0.3) is 0 Å². The minimum Gasteiger partial charge on any atom is -0.493 e. The van der Waals surface area contributed by atoms with Crippen LogP contribution in [-0.4, -0.2) is 22.8 Å². The monoisotopic (exact) mass is 311 g/mol. The molecule has 0 saturated carbocycles. The molecule has 0 saturated heterocycles. The maximum atomic E-state index is 12.5. The Labute approximate surface area is 125 Å². The molecule has 3 atom stereocenters. The van der Waals surface area contributed by atoms with Gasteiger partial charge in [0.1, 0.15) is 15.7 Å². The standard InChI is InChI=1S/C14H21N3O3S/c1-3-9(2)13(15)14(18)17-21(16,19)11-4-5-12-10(8-11)6-7-20-12/h4-5,8-9,13H,3,6-7,15H2,1-2H3,(H2,16,17,18,19)/t9-,13-,21?/m0/s1. The van der Waals surface area contributed by atoms with Crippen LogP contribution in [0.15, 0.2) is 27.5 Å². The number of amides is 1. The second kappa shape index (κ2) is 6.13. The Bertz CT molecular complexity index is 665. The van der Waals surface area contributed by atoms with Crippen LogP contribution in [0.1, 0.15) is 25.8 Å². The molecule has 1 aromatic rings. The normalized spacial score (nSPS) is 19.0. The third kappa shape index (κ3) is 3.42. The highest BCUT2D eigenvalue weighted by molar-refractivity contribution is 7.91. The van der Waals surface area contributed by atoms with Gasteiger partial charge in [-0.2, -0.15) is 0 Å². The summed E-state index contributed by atoms with van der Waals surface area (Å²) >= 11 is 0. The molecule has 1 unspecified atom stereocenters. The summed E-state index contributed by atoms with van der Waals surface area (Å²) in [5.41, 5.74) is 6.73. The van der Waals surface area contributed by atoms with Gasteiger partial charge in [0.2, 0.25) is 0 Å². The van der Waals surface area contributed by atoms with Crippen molar-refractivity contribution in [2.45, 2.75) is 37.6 Å². The van der Waals surface area contributed by atoms with E-state index in [-0.39, 0.29) is 5.92 Å². The van der Waals surface area contributed by atoms with Crippen LogP contribution in [-0.2, 0) is 21.1 Å². The van der Waals surface area contributed by atoms with Crippen molar-refractivity contribution >= 4 is 15.8 Å².